The molecule has 3 rings (SSSR count). The Morgan fingerprint density at radius 3 is 2.73 bits per heavy atom. The highest BCUT2D eigenvalue weighted by atomic mass is 32.1. The quantitative estimate of drug-likeness (QED) is 0.912. The fourth-order valence-corrected chi connectivity index (χ4v) is 3.38. The van der Waals surface area contributed by atoms with E-state index in [4.69, 9.17) is 4.74 Å². The maximum atomic E-state index is 12.1. The van der Waals surface area contributed by atoms with Gasteiger partial charge >= 0.3 is 12.1 Å². The van der Waals surface area contributed by atoms with Gasteiger partial charge in [-0.1, -0.05) is 6.07 Å². The SMILES string of the molecule is O=C(NCc1cccs1)N1CCC(N2C(=O)COC2=O)CC1. The van der Waals surface area contributed by atoms with Gasteiger partial charge in [0, 0.05) is 24.0 Å². The van der Waals surface area contributed by atoms with Gasteiger partial charge in [0.2, 0.25) is 0 Å². The molecule has 4 amide bonds. The van der Waals surface area contributed by atoms with E-state index in [0.29, 0.717) is 32.5 Å². The number of carbonyl (C=O) groups is 3. The van der Waals surface area contributed by atoms with Crippen molar-refractivity contribution in [3.63, 3.8) is 0 Å². The smallest absolute Gasteiger partial charge is 0.417 e. The van der Waals surface area contributed by atoms with Crippen molar-refractivity contribution in [1.29, 1.82) is 0 Å². The number of hydrogen-bond donors (Lipinski definition) is 1. The number of amides is 4. The van der Waals surface area contributed by atoms with Crippen LogP contribution >= 0.6 is 11.3 Å². The van der Waals surface area contributed by atoms with Gasteiger partial charge < -0.3 is 15.0 Å². The molecule has 1 aromatic rings. The van der Waals surface area contributed by atoms with Gasteiger partial charge in [0.25, 0.3) is 5.91 Å². The molecule has 0 unspecified atom stereocenters. The van der Waals surface area contributed by atoms with Crippen molar-refractivity contribution in [2.75, 3.05) is 19.7 Å². The third kappa shape index (κ3) is 3.06. The van der Waals surface area contributed by atoms with Crippen molar-refractivity contribution in [1.82, 2.24) is 15.1 Å². The monoisotopic (exact) mass is 323 g/mol. The second-order valence-corrected chi connectivity index (χ2v) is 6.31. The summed E-state index contributed by atoms with van der Waals surface area (Å²) in [6, 6.07) is 3.65. The van der Waals surface area contributed by atoms with Crippen LogP contribution in [-0.2, 0) is 16.1 Å². The zero-order chi connectivity index (χ0) is 15.5. The molecule has 0 aromatic carbocycles. The van der Waals surface area contributed by atoms with Crippen LogP contribution in [0.2, 0.25) is 0 Å². The predicted octanol–water partition coefficient (Wildman–Crippen LogP) is 1.40. The molecule has 2 aliphatic rings. The molecule has 118 valence electrons. The van der Waals surface area contributed by atoms with Gasteiger partial charge in [-0.2, -0.15) is 0 Å². The lowest BCUT2D eigenvalue weighted by molar-refractivity contribution is -0.127. The lowest BCUT2D eigenvalue weighted by Crippen LogP contribution is -2.50. The molecule has 1 aromatic heterocycles. The molecular weight excluding hydrogens is 306 g/mol. The topological polar surface area (TPSA) is 79.0 Å². The average molecular weight is 323 g/mol. The number of urea groups is 1. The summed E-state index contributed by atoms with van der Waals surface area (Å²) in [6.07, 6.45) is 0.617. The molecule has 22 heavy (non-hydrogen) atoms. The average Bonchev–Trinajstić information content (AvgIpc) is 3.15. The van der Waals surface area contributed by atoms with Gasteiger partial charge in [0.15, 0.2) is 6.61 Å². The minimum Gasteiger partial charge on any atom is -0.439 e. The molecule has 0 bridgehead atoms. The fraction of sp³-hybridized carbons (Fsp3) is 0.500. The highest BCUT2D eigenvalue weighted by Gasteiger charge is 2.38. The van der Waals surface area contributed by atoms with Crippen LogP contribution < -0.4 is 5.32 Å². The highest BCUT2D eigenvalue weighted by molar-refractivity contribution is 7.09. The van der Waals surface area contributed by atoms with E-state index in [0.717, 1.165) is 4.88 Å². The first kappa shape index (κ1) is 14.8. The number of hydrogen-bond acceptors (Lipinski definition) is 5. The number of nitrogens with zero attached hydrogens (tertiary/aromatic N) is 2. The number of cyclic esters (lactones) is 1. The number of ether oxygens (including phenoxy) is 1. The number of carbonyl (C=O) groups excluding carboxylic acids is 3. The van der Waals surface area contributed by atoms with Crippen LogP contribution in [0.15, 0.2) is 17.5 Å². The molecule has 0 spiro atoms. The molecule has 0 saturated carbocycles. The number of rotatable bonds is 3. The number of imide groups is 1. The highest BCUT2D eigenvalue weighted by Crippen LogP contribution is 2.20. The number of nitrogens with one attached hydrogen (secondary N) is 1. The van der Waals surface area contributed by atoms with Crippen LogP contribution in [0.1, 0.15) is 17.7 Å². The minimum absolute atomic E-state index is 0.109. The Morgan fingerprint density at radius 2 is 2.14 bits per heavy atom. The zero-order valence-electron chi connectivity index (χ0n) is 12.0. The molecule has 2 saturated heterocycles. The molecule has 0 radical (unpaired) electrons. The Morgan fingerprint density at radius 1 is 1.36 bits per heavy atom. The molecule has 3 heterocycles. The van der Waals surface area contributed by atoms with Crippen molar-refractivity contribution >= 4 is 29.4 Å². The summed E-state index contributed by atoms with van der Waals surface area (Å²) in [6.45, 7) is 1.41. The molecule has 8 heteroatoms. The molecule has 2 fully saturated rings. The van der Waals surface area contributed by atoms with Gasteiger partial charge in [0.1, 0.15) is 0 Å². The van der Waals surface area contributed by atoms with Crippen LogP contribution in [0.4, 0.5) is 9.59 Å². The second kappa shape index (κ2) is 6.35. The summed E-state index contributed by atoms with van der Waals surface area (Å²) < 4.78 is 4.73. The molecule has 2 aliphatic heterocycles. The van der Waals surface area contributed by atoms with Crippen molar-refractivity contribution in [3.05, 3.63) is 22.4 Å². The summed E-state index contributed by atoms with van der Waals surface area (Å²) in [5, 5.41) is 4.85. The van der Waals surface area contributed by atoms with E-state index in [1.807, 2.05) is 17.5 Å². The molecular formula is C14H17N3O4S. The Kier molecular flexibility index (Phi) is 4.28. The van der Waals surface area contributed by atoms with Gasteiger partial charge in [-0.05, 0) is 24.3 Å². The molecule has 0 aliphatic carbocycles. The molecule has 7 nitrogen and oxygen atoms in total. The Balaban J connectivity index is 1.48. The first-order valence-corrected chi connectivity index (χ1v) is 8.07. The fourth-order valence-electron chi connectivity index (χ4n) is 2.73. The summed E-state index contributed by atoms with van der Waals surface area (Å²) >= 11 is 1.60. The summed E-state index contributed by atoms with van der Waals surface area (Å²) in [7, 11) is 0. The van der Waals surface area contributed by atoms with E-state index in [9.17, 15) is 14.4 Å². The number of likely N-dealkylation sites (tertiary alicyclic amines) is 1. The van der Waals surface area contributed by atoms with E-state index >= 15 is 0 Å². The summed E-state index contributed by atoms with van der Waals surface area (Å²) in [5.41, 5.74) is 0. The maximum Gasteiger partial charge on any atom is 0.417 e. The lowest BCUT2D eigenvalue weighted by atomic mass is 10.0. The van der Waals surface area contributed by atoms with Gasteiger partial charge in [-0.3, -0.25) is 4.79 Å². The van der Waals surface area contributed by atoms with E-state index in [2.05, 4.69) is 5.32 Å². The van der Waals surface area contributed by atoms with Crippen LogP contribution in [0.3, 0.4) is 0 Å². The zero-order valence-corrected chi connectivity index (χ0v) is 12.8. The van der Waals surface area contributed by atoms with Gasteiger partial charge in [-0.25, -0.2) is 14.5 Å². The maximum absolute atomic E-state index is 12.1. The Bertz CT molecular complexity index is 551. The van der Waals surface area contributed by atoms with Gasteiger partial charge in [0.05, 0.1) is 6.54 Å². The largest absolute Gasteiger partial charge is 0.439 e. The van der Waals surface area contributed by atoms with E-state index < -0.39 is 6.09 Å². The van der Waals surface area contributed by atoms with Crippen LogP contribution in [0.5, 0.6) is 0 Å². The lowest BCUT2D eigenvalue weighted by Gasteiger charge is -2.34. The van der Waals surface area contributed by atoms with E-state index in [1.54, 1.807) is 16.2 Å². The molecule has 1 N–H and O–H groups in total. The van der Waals surface area contributed by atoms with Crippen molar-refractivity contribution in [2.24, 2.45) is 0 Å². The Hall–Kier alpha value is -2.09. The number of thiophene rings is 1. The van der Waals surface area contributed by atoms with Crippen LogP contribution in [0.25, 0.3) is 0 Å². The predicted molar refractivity (Wildman–Crippen MR) is 79.3 cm³/mol. The Labute approximate surface area is 131 Å². The normalized spacial score (nSPS) is 19.5. The van der Waals surface area contributed by atoms with Crippen molar-refractivity contribution < 1.29 is 19.1 Å². The van der Waals surface area contributed by atoms with Crippen molar-refractivity contribution in [3.8, 4) is 0 Å². The summed E-state index contributed by atoms with van der Waals surface area (Å²) in [5.74, 6) is -0.286. The summed E-state index contributed by atoms with van der Waals surface area (Å²) in [4.78, 5) is 39.3. The third-order valence-corrected chi connectivity index (χ3v) is 4.77. The second-order valence-electron chi connectivity index (χ2n) is 5.27. The standard InChI is InChI=1S/C14H17N3O4S/c18-12-9-21-14(20)17(12)10-3-5-16(6-4-10)13(19)15-8-11-2-1-7-22-11/h1-2,7,10H,3-6,8-9H2,(H,15,19). The number of piperidine rings is 1. The van der Waals surface area contributed by atoms with Gasteiger partial charge in [-0.15, -0.1) is 11.3 Å². The van der Waals surface area contributed by atoms with Crippen molar-refractivity contribution in [2.45, 2.75) is 25.4 Å². The van der Waals surface area contributed by atoms with Crippen LogP contribution in [0, 0.1) is 0 Å². The first-order chi connectivity index (χ1) is 10.6. The third-order valence-electron chi connectivity index (χ3n) is 3.90. The first-order valence-electron chi connectivity index (χ1n) is 7.19. The van der Waals surface area contributed by atoms with E-state index in [1.165, 1.54) is 4.90 Å². The minimum atomic E-state index is -0.564. The molecule has 0 atom stereocenters. The van der Waals surface area contributed by atoms with Crippen LogP contribution in [-0.4, -0.2) is 53.6 Å². The van der Waals surface area contributed by atoms with E-state index in [-0.39, 0.29) is 24.6 Å².